The molecular weight excluding hydrogens is 420 g/mol. The highest BCUT2D eigenvalue weighted by Crippen LogP contribution is 2.46. The van der Waals surface area contributed by atoms with Crippen LogP contribution in [0.1, 0.15) is 50.7 Å². The summed E-state index contributed by atoms with van der Waals surface area (Å²) in [6, 6.07) is 9.62. The topological polar surface area (TPSA) is 114 Å². The molecular formula is C25H26N4O4. The molecule has 0 saturated carbocycles. The molecule has 170 valence electrons. The molecule has 1 atom stereocenters. The Hall–Kier alpha value is -3.81. The number of aryl methyl sites for hydroxylation is 1. The van der Waals surface area contributed by atoms with Crippen molar-refractivity contribution in [1.82, 2.24) is 10.3 Å². The largest absolute Gasteiger partial charge is 0.362 e. The van der Waals surface area contributed by atoms with Crippen LogP contribution in [-0.4, -0.2) is 21.6 Å². The van der Waals surface area contributed by atoms with Gasteiger partial charge in [0.15, 0.2) is 5.78 Å². The molecule has 0 radical (unpaired) electrons. The molecule has 1 aliphatic carbocycles. The fraction of sp³-hybridized carbons (Fsp3) is 0.320. The molecule has 4 rings (SSSR count). The smallest absolute Gasteiger partial charge is 0.269 e. The minimum Gasteiger partial charge on any atom is -0.362 e. The first-order chi connectivity index (χ1) is 15.6. The number of dihydropyridines is 1. The molecule has 2 aliphatic rings. The van der Waals surface area contributed by atoms with Crippen LogP contribution < -0.4 is 10.6 Å². The van der Waals surface area contributed by atoms with Gasteiger partial charge in [-0.1, -0.05) is 32.0 Å². The average molecular weight is 447 g/mol. The third kappa shape index (κ3) is 4.41. The number of pyridine rings is 1. The number of ketones is 1. The van der Waals surface area contributed by atoms with Crippen molar-refractivity contribution in [1.29, 1.82) is 0 Å². The molecule has 1 aliphatic heterocycles. The van der Waals surface area contributed by atoms with E-state index in [0.717, 1.165) is 11.3 Å². The number of carbonyl (C=O) groups excluding carboxylic acids is 2. The number of hydrogen-bond acceptors (Lipinski definition) is 6. The summed E-state index contributed by atoms with van der Waals surface area (Å²) in [5.41, 5.74) is 3.78. The van der Waals surface area contributed by atoms with Crippen LogP contribution in [-0.2, 0) is 9.59 Å². The van der Waals surface area contributed by atoms with Crippen LogP contribution in [0.2, 0.25) is 0 Å². The highest BCUT2D eigenvalue weighted by Gasteiger charge is 2.42. The van der Waals surface area contributed by atoms with E-state index in [2.05, 4.69) is 15.6 Å². The van der Waals surface area contributed by atoms with E-state index in [0.29, 0.717) is 41.1 Å². The zero-order valence-electron chi connectivity index (χ0n) is 19.1. The number of nitrogens with one attached hydrogen (secondary N) is 2. The van der Waals surface area contributed by atoms with Crippen LogP contribution in [0.3, 0.4) is 0 Å². The predicted molar refractivity (Wildman–Crippen MR) is 124 cm³/mol. The van der Waals surface area contributed by atoms with Gasteiger partial charge < -0.3 is 10.6 Å². The Morgan fingerprint density at radius 1 is 1.15 bits per heavy atom. The van der Waals surface area contributed by atoms with Crippen LogP contribution in [0.25, 0.3) is 0 Å². The summed E-state index contributed by atoms with van der Waals surface area (Å²) in [5.74, 6) is -0.618. The van der Waals surface area contributed by atoms with Crippen molar-refractivity contribution in [2.75, 3.05) is 5.32 Å². The van der Waals surface area contributed by atoms with Gasteiger partial charge in [0.25, 0.3) is 11.6 Å². The SMILES string of the molecule is CC1=C(C(=O)Nc2ccc(C)cn2)[C@@H](c2ccc([N+](=O)[O-])cc2)C2=C(CC(C)(C)CC2=O)N1. The normalized spacial score (nSPS) is 19.6. The monoisotopic (exact) mass is 446 g/mol. The van der Waals surface area contributed by atoms with Crippen LogP contribution in [0.5, 0.6) is 0 Å². The van der Waals surface area contributed by atoms with E-state index < -0.39 is 10.8 Å². The standard InChI is InChI=1S/C25H26N4O4/c1-14-5-10-20(26-13-14)28-24(31)21-15(2)27-18-11-25(3,4)12-19(30)23(18)22(21)16-6-8-17(9-7-16)29(32)33/h5-10,13,22,27H,11-12H2,1-4H3,(H,26,28,31)/t22-/m1/s1. The molecule has 2 heterocycles. The number of nitro groups is 1. The number of allylic oxidation sites excluding steroid dienone is 3. The maximum atomic E-state index is 13.4. The molecule has 2 aromatic rings. The number of benzene rings is 1. The summed E-state index contributed by atoms with van der Waals surface area (Å²) in [5, 5.41) is 17.3. The molecule has 1 amide bonds. The minimum absolute atomic E-state index is 0.0247. The first-order valence-electron chi connectivity index (χ1n) is 10.8. The lowest BCUT2D eigenvalue weighted by atomic mass is 9.68. The lowest BCUT2D eigenvalue weighted by Crippen LogP contribution is -2.39. The number of rotatable bonds is 4. The van der Waals surface area contributed by atoms with Crippen LogP contribution in [0.15, 0.2) is 65.1 Å². The first-order valence-corrected chi connectivity index (χ1v) is 10.8. The van der Waals surface area contributed by atoms with Gasteiger partial charge in [-0.25, -0.2) is 4.98 Å². The quantitative estimate of drug-likeness (QED) is 0.526. The third-order valence-electron chi connectivity index (χ3n) is 6.07. The van der Waals surface area contributed by atoms with Gasteiger partial charge in [0, 0.05) is 53.2 Å². The van der Waals surface area contributed by atoms with E-state index in [4.69, 9.17) is 0 Å². The van der Waals surface area contributed by atoms with Crippen molar-refractivity contribution in [3.63, 3.8) is 0 Å². The molecule has 0 unspecified atom stereocenters. The Bertz CT molecular complexity index is 1210. The molecule has 2 N–H and O–H groups in total. The Morgan fingerprint density at radius 2 is 1.85 bits per heavy atom. The summed E-state index contributed by atoms with van der Waals surface area (Å²) in [6.07, 6.45) is 2.70. The molecule has 8 heteroatoms. The molecule has 33 heavy (non-hydrogen) atoms. The molecule has 0 saturated heterocycles. The van der Waals surface area contributed by atoms with Gasteiger partial charge in [-0.15, -0.1) is 0 Å². The van der Waals surface area contributed by atoms with Crippen molar-refractivity contribution in [2.45, 2.75) is 46.5 Å². The second-order valence-corrected chi connectivity index (χ2v) is 9.45. The number of non-ortho nitro benzene ring substituents is 1. The summed E-state index contributed by atoms with van der Waals surface area (Å²) in [6.45, 7) is 7.81. The van der Waals surface area contributed by atoms with Crippen molar-refractivity contribution in [3.05, 3.63) is 86.4 Å². The van der Waals surface area contributed by atoms with Crippen molar-refractivity contribution in [3.8, 4) is 0 Å². The zero-order valence-corrected chi connectivity index (χ0v) is 19.1. The summed E-state index contributed by atoms with van der Waals surface area (Å²) in [4.78, 5) is 41.7. The fourth-order valence-corrected chi connectivity index (χ4v) is 4.58. The fourth-order valence-electron chi connectivity index (χ4n) is 4.58. The van der Waals surface area contributed by atoms with E-state index in [1.807, 2.05) is 33.8 Å². The Kier molecular flexibility index (Phi) is 5.61. The molecule has 0 fully saturated rings. The van der Waals surface area contributed by atoms with Crippen LogP contribution in [0, 0.1) is 22.5 Å². The van der Waals surface area contributed by atoms with Gasteiger partial charge >= 0.3 is 0 Å². The van der Waals surface area contributed by atoms with Gasteiger partial charge in [0.05, 0.1) is 4.92 Å². The first kappa shape index (κ1) is 22.4. The molecule has 0 bridgehead atoms. The van der Waals surface area contributed by atoms with Crippen molar-refractivity contribution >= 4 is 23.2 Å². The van der Waals surface area contributed by atoms with E-state index in [1.165, 1.54) is 12.1 Å². The minimum atomic E-state index is -0.629. The number of amides is 1. The van der Waals surface area contributed by atoms with E-state index in [1.54, 1.807) is 24.4 Å². The molecule has 8 nitrogen and oxygen atoms in total. The van der Waals surface area contributed by atoms with E-state index in [9.17, 15) is 19.7 Å². The maximum Gasteiger partial charge on any atom is 0.269 e. The van der Waals surface area contributed by atoms with Crippen LogP contribution in [0.4, 0.5) is 11.5 Å². The predicted octanol–water partition coefficient (Wildman–Crippen LogP) is 4.54. The zero-order chi connectivity index (χ0) is 23.9. The lowest BCUT2D eigenvalue weighted by molar-refractivity contribution is -0.384. The van der Waals surface area contributed by atoms with Gasteiger partial charge in [-0.2, -0.15) is 0 Å². The third-order valence-corrected chi connectivity index (χ3v) is 6.07. The summed E-state index contributed by atoms with van der Waals surface area (Å²) in [7, 11) is 0. The molecule has 1 aromatic carbocycles. The number of nitro benzene ring substituents is 1. The lowest BCUT2D eigenvalue weighted by Gasteiger charge is -2.39. The van der Waals surface area contributed by atoms with Crippen molar-refractivity contribution < 1.29 is 14.5 Å². The number of nitrogens with zero attached hydrogens (tertiary/aromatic N) is 2. The highest BCUT2D eigenvalue weighted by atomic mass is 16.6. The Labute approximate surface area is 192 Å². The summed E-state index contributed by atoms with van der Waals surface area (Å²) < 4.78 is 0. The summed E-state index contributed by atoms with van der Waals surface area (Å²) >= 11 is 0. The number of Topliss-reactive ketones (excluding diaryl/α,β-unsaturated/α-hetero) is 1. The van der Waals surface area contributed by atoms with Crippen molar-refractivity contribution in [2.24, 2.45) is 5.41 Å². The van der Waals surface area contributed by atoms with E-state index >= 15 is 0 Å². The van der Waals surface area contributed by atoms with Gasteiger partial charge in [0.2, 0.25) is 0 Å². The number of hydrogen-bond donors (Lipinski definition) is 2. The number of carbonyl (C=O) groups is 2. The number of aromatic nitrogens is 1. The second kappa shape index (κ2) is 8.27. The van der Waals surface area contributed by atoms with Gasteiger partial charge in [0.1, 0.15) is 5.82 Å². The Morgan fingerprint density at radius 3 is 2.45 bits per heavy atom. The maximum absolute atomic E-state index is 13.4. The highest BCUT2D eigenvalue weighted by molar-refractivity contribution is 6.09. The number of anilines is 1. The van der Waals surface area contributed by atoms with Gasteiger partial charge in [-0.05, 0) is 42.9 Å². The molecule has 0 spiro atoms. The average Bonchev–Trinajstić information content (AvgIpc) is 2.73. The van der Waals surface area contributed by atoms with Crippen LogP contribution >= 0.6 is 0 Å². The second-order valence-electron chi connectivity index (χ2n) is 9.45. The van der Waals surface area contributed by atoms with Gasteiger partial charge in [-0.3, -0.25) is 19.7 Å². The Balaban J connectivity index is 1.80. The van der Waals surface area contributed by atoms with E-state index in [-0.39, 0.29) is 22.8 Å². The molecule has 1 aromatic heterocycles.